The van der Waals surface area contributed by atoms with Crippen LogP contribution >= 0.6 is 0 Å². The zero-order chi connectivity index (χ0) is 15.6. The highest BCUT2D eigenvalue weighted by atomic mass is 19.4. The first kappa shape index (κ1) is 15.8. The van der Waals surface area contributed by atoms with Crippen LogP contribution < -0.4 is 10.1 Å². The molecule has 1 amide bonds. The zero-order valence-electron chi connectivity index (χ0n) is 10.6. The number of carbonyl (C=O) groups excluding carboxylic acids is 1. The van der Waals surface area contributed by atoms with E-state index in [9.17, 15) is 22.8 Å². The number of hydrogen-bond donors (Lipinski definition) is 2. The molecule has 1 aromatic rings. The highest BCUT2D eigenvalue weighted by Crippen LogP contribution is 2.31. The molecule has 0 fully saturated rings. The van der Waals surface area contributed by atoms with Crippen LogP contribution in [0, 0.1) is 5.41 Å². The van der Waals surface area contributed by atoms with E-state index in [-0.39, 0.29) is 5.69 Å². The minimum absolute atomic E-state index is 0.260. The molecule has 0 saturated heterocycles. The Bertz CT molecular complexity index is 526. The Kier molecular flexibility index (Phi) is 4.26. The molecule has 0 aliphatic rings. The summed E-state index contributed by atoms with van der Waals surface area (Å²) in [4.78, 5) is 22.7. The molecule has 0 saturated carbocycles. The summed E-state index contributed by atoms with van der Waals surface area (Å²) in [5.41, 5.74) is -2.05. The van der Waals surface area contributed by atoms with Gasteiger partial charge in [0.2, 0.25) is 5.91 Å². The van der Waals surface area contributed by atoms with Gasteiger partial charge < -0.3 is 15.2 Å². The second-order valence-electron chi connectivity index (χ2n) is 4.43. The summed E-state index contributed by atoms with van der Waals surface area (Å²) in [6.07, 6.45) is -4.91. The fraction of sp³-hybridized carbons (Fsp3) is 0.333. The first-order valence-electron chi connectivity index (χ1n) is 5.43. The number of hydrogen-bond acceptors (Lipinski definition) is 3. The molecular formula is C12H12F3NO4. The van der Waals surface area contributed by atoms with Crippen molar-refractivity contribution in [2.75, 3.05) is 5.32 Å². The van der Waals surface area contributed by atoms with Gasteiger partial charge >= 0.3 is 12.3 Å². The highest BCUT2D eigenvalue weighted by Gasteiger charge is 2.37. The van der Waals surface area contributed by atoms with Gasteiger partial charge in [-0.15, -0.1) is 13.2 Å². The van der Waals surface area contributed by atoms with Gasteiger partial charge in [-0.05, 0) is 26.0 Å². The van der Waals surface area contributed by atoms with Gasteiger partial charge in [0.1, 0.15) is 5.41 Å². The van der Waals surface area contributed by atoms with E-state index in [1.165, 1.54) is 18.2 Å². The van der Waals surface area contributed by atoms with Gasteiger partial charge in [-0.3, -0.25) is 9.59 Å². The van der Waals surface area contributed by atoms with Crippen LogP contribution in [-0.2, 0) is 9.59 Å². The lowest BCUT2D eigenvalue weighted by Crippen LogP contribution is -2.38. The van der Waals surface area contributed by atoms with Gasteiger partial charge in [-0.1, -0.05) is 12.1 Å². The van der Waals surface area contributed by atoms with Crippen molar-refractivity contribution >= 4 is 17.6 Å². The molecule has 0 unspecified atom stereocenters. The number of rotatable bonds is 4. The molecule has 20 heavy (non-hydrogen) atoms. The normalized spacial score (nSPS) is 11.8. The molecule has 1 rings (SSSR count). The molecule has 0 spiro atoms. The number of anilines is 1. The molecule has 0 radical (unpaired) electrons. The van der Waals surface area contributed by atoms with Gasteiger partial charge in [0.05, 0.1) is 5.69 Å². The van der Waals surface area contributed by atoms with Crippen LogP contribution in [0.25, 0.3) is 0 Å². The first-order chi connectivity index (χ1) is 9.04. The third-order valence-electron chi connectivity index (χ3n) is 2.46. The smallest absolute Gasteiger partial charge is 0.480 e. The van der Waals surface area contributed by atoms with Gasteiger partial charge in [0.25, 0.3) is 0 Å². The van der Waals surface area contributed by atoms with E-state index in [1.807, 2.05) is 0 Å². The predicted molar refractivity (Wildman–Crippen MR) is 63.2 cm³/mol. The van der Waals surface area contributed by atoms with Crippen LogP contribution in [0.3, 0.4) is 0 Å². The molecule has 0 aliphatic carbocycles. The number of halogens is 3. The number of nitrogens with one attached hydrogen (secondary N) is 1. The molecule has 8 heteroatoms. The molecule has 1 aromatic carbocycles. The second kappa shape index (κ2) is 5.40. The topological polar surface area (TPSA) is 75.6 Å². The molecule has 0 aromatic heterocycles. The number of carboxylic acids is 1. The van der Waals surface area contributed by atoms with Crippen molar-refractivity contribution < 1.29 is 32.6 Å². The zero-order valence-corrected chi connectivity index (χ0v) is 10.6. The fourth-order valence-electron chi connectivity index (χ4n) is 1.16. The highest BCUT2D eigenvalue weighted by molar-refractivity contribution is 6.08. The molecule has 2 N–H and O–H groups in total. The predicted octanol–water partition coefficient (Wildman–Crippen LogP) is 2.63. The van der Waals surface area contributed by atoms with E-state index < -0.39 is 29.4 Å². The van der Waals surface area contributed by atoms with Crippen molar-refractivity contribution in [3.8, 4) is 5.75 Å². The fourth-order valence-corrected chi connectivity index (χ4v) is 1.16. The summed E-state index contributed by atoms with van der Waals surface area (Å²) in [6, 6.07) is 4.86. The molecule has 0 aliphatic heterocycles. The number of alkyl halides is 3. The molecule has 5 nitrogen and oxygen atoms in total. The quantitative estimate of drug-likeness (QED) is 0.836. The molecule has 0 heterocycles. The van der Waals surface area contributed by atoms with Gasteiger partial charge in [0, 0.05) is 0 Å². The number of ether oxygens (including phenoxy) is 1. The van der Waals surface area contributed by atoms with E-state index in [1.54, 1.807) is 0 Å². The molecule has 0 bridgehead atoms. The Morgan fingerprint density at radius 1 is 1.20 bits per heavy atom. The van der Waals surface area contributed by atoms with Crippen LogP contribution in [0.4, 0.5) is 18.9 Å². The lowest BCUT2D eigenvalue weighted by molar-refractivity contribution is -0.274. The third kappa shape index (κ3) is 3.87. The van der Waals surface area contributed by atoms with Gasteiger partial charge in [0.15, 0.2) is 5.75 Å². The Labute approximate surface area is 112 Å². The maximum absolute atomic E-state index is 12.2. The van der Waals surface area contributed by atoms with Crippen LogP contribution in [-0.4, -0.2) is 23.3 Å². The Balaban J connectivity index is 2.99. The van der Waals surface area contributed by atoms with Crippen molar-refractivity contribution in [2.45, 2.75) is 20.2 Å². The monoisotopic (exact) mass is 291 g/mol. The van der Waals surface area contributed by atoms with E-state index in [0.717, 1.165) is 19.9 Å². The van der Waals surface area contributed by atoms with E-state index >= 15 is 0 Å². The lowest BCUT2D eigenvalue weighted by atomic mass is 9.92. The van der Waals surface area contributed by atoms with Gasteiger partial charge in [-0.25, -0.2) is 0 Å². The lowest BCUT2D eigenvalue weighted by Gasteiger charge is -2.20. The van der Waals surface area contributed by atoms with Crippen LogP contribution in [0.5, 0.6) is 5.75 Å². The summed E-state index contributed by atoms with van der Waals surface area (Å²) in [6.45, 7) is 2.27. The number of aliphatic carboxylic acids is 1. The SMILES string of the molecule is CC(C)(C(=O)O)C(=O)Nc1ccccc1OC(F)(F)F. The number of para-hydroxylation sites is 2. The van der Waals surface area contributed by atoms with Crippen molar-refractivity contribution in [2.24, 2.45) is 5.41 Å². The minimum Gasteiger partial charge on any atom is -0.480 e. The van der Waals surface area contributed by atoms with Crippen molar-refractivity contribution in [3.63, 3.8) is 0 Å². The summed E-state index contributed by atoms with van der Waals surface area (Å²) < 4.78 is 40.3. The summed E-state index contributed by atoms with van der Waals surface area (Å²) >= 11 is 0. The number of amides is 1. The second-order valence-corrected chi connectivity index (χ2v) is 4.43. The van der Waals surface area contributed by atoms with Crippen LogP contribution in [0.1, 0.15) is 13.8 Å². The van der Waals surface area contributed by atoms with Crippen molar-refractivity contribution in [1.29, 1.82) is 0 Å². The van der Waals surface area contributed by atoms with Crippen LogP contribution in [0.2, 0.25) is 0 Å². The van der Waals surface area contributed by atoms with E-state index in [2.05, 4.69) is 10.1 Å². The summed E-state index contributed by atoms with van der Waals surface area (Å²) in [7, 11) is 0. The van der Waals surface area contributed by atoms with E-state index in [0.29, 0.717) is 0 Å². The van der Waals surface area contributed by atoms with Crippen molar-refractivity contribution in [1.82, 2.24) is 0 Å². The average Bonchev–Trinajstić information content (AvgIpc) is 2.29. The minimum atomic E-state index is -4.91. The standard InChI is InChI=1S/C12H12F3NO4/c1-11(2,10(18)19)9(17)16-7-5-3-4-6-8(7)20-12(13,14)15/h3-6H,1-2H3,(H,16,17)(H,18,19). The van der Waals surface area contributed by atoms with E-state index in [4.69, 9.17) is 5.11 Å². The Morgan fingerprint density at radius 3 is 2.25 bits per heavy atom. The molecule has 0 atom stereocenters. The van der Waals surface area contributed by atoms with Gasteiger partial charge in [-0.2, -0.15) is 0 Å². The Hall–Kier alpha value is -2.25. The van der Waals surface area contributed by atoms with Crippen molar-refractivity contribution in [3.05, 3.63) is 24.3 Å². The number of benzene rings is 1. The average molecular weight is 291 g/mol. The number of carbonyl (C=O) groups is 2. The number of carboxylic acid groups (broad SMARTS) is 1. The van der Waals surface area contributed by atoms with Crippen LogP contribution in [0.15, 0.2) is 24.3 Å². The molecule has 110 valence electrons. The Morgan fingerprint density at radius 2 is 1.75 bits per heavy atom. The summed E-state index contributed by atoms with van der Waals surface area (Å²) in [5, 5.41) is 11.0. The third-order valence-corrected chi connectivity index (χ3v) is 2.46. The summed E-state index contributed by atoms with van der Waals surface area (Å²) in [5.74, 6) is -2.97. The first-order valence-corrected chi connectivity index (χ1v) is 5.43. The largest absolute Gasteiger partial charge is 0.573 e. The molecular weight excluding hydrogens is 279 g/mol. The maximum Gasteiger partial charge on any atom is 0.573 e. The maximum atomic E-state index is 12.2.